The number of carbonyl (C=O) groups excluding carboxylic acids is 5. The Morgan fingerprint density at radius 1 is 0.627 bits per heavy atom. The molecule has 0 aromatic heterocycles. The van der Waals surface area contributed by atoms with Crippen LogP contribution in [0.15, 0.2) is 0 Å². The molecule has 4 saturated heterocycles. The van der Waals surface area contributed by atoms with E-state index < -0.39 is 165 Å². The summed E-state index contributed by atoms with van der Waals surface area (Å²) >= 11 is 0. The Hall–Kier alpha value is -1.25. The fourth-order valence-corrected chi connectivity index (χ4v) is 7.19. The summed E-state index contributed by atoms with van der Waals surface area (Å²) in [4.78, 5) is 60.8. The maximum absolute atomic E-state index is 12.5. The molecule has 0 bridgehead atoms. The van der Waals surface area contributed by atoms with Crippen molar-refractivity contribution >= 4 is 29.7 Å². The van der Waals surface area contributed by atoms with Crippen LogP contribution in [0.4, 0.5) is 0 Å². The summed E-state index contributed by atoms with van der Waals surface area (Å²) < 4.78 is 39.7. The van der Waals surface area contributed by atoms with E-state index in [9.17, 15) is 69.9 Å². The van der Waals surface area contributed by atoms with Crippen molar-refractivity contribution in [3.05, 3.63) is 0 Å². The monoisotopic (exact) mass is 872 g/mol. The number of amides is 3. The Balaban J connectivity index is 0.00000600. The Morgan fingerprint density at radius 3 is 1.61 bits per heavy atom. The topological polar surface area (TPSA) is 400 Å². The Bertz CT molecular complexity index is 1440. The molecular formula is C32H50N4Na2O21. The molecule has 8 unspecified atom stereocenters. The number of aliphatic carboxylic acids is 2. The van der Waals surface area contributed by atoms with E-state index in [2.05, 4.69) is 10.6 Å². The molecular weight excluding hydrogens is 822 g/mol. The molecule has 326 valence electrons. The number of aliphatic hydroxyl groups excluding tert-OH is 7. The van der Waals surface area contributed by atoms with E-state index in [1.54, 1.807) is 0 Å². The van der Waals surface area contributed by atoms with Crippen LogP contribution in [0.25, 0.3) is 0 Å². The van der Waals surface area contributed by atoms with Crippen LogP contribution in [0, 0.1) is 5.92 Å². The van der Waals surface area contributed by atoms with Gasteiger partial charge in [-0.15, -0.1) is 0 Å². The molecule has 0 aromatic carbocycles. The molecule has 4 rings (SSSR count). The van der Waals surface area contributed by atoms with Crippen LogP contribution in [-0.2, 0) is 57.1 Å². The van der Waals surface area contributed by atoms with Crippen molar-refractivity contribution in [1.29, 1.82) is 0 Å². The van der Waals surface area contributed by atoms with Gasteiger partial charge in [-0.2, -0.15) is 0 Å². The number of aliphatic hydroxyl groups is 7. The molecule has 4 aliphatic rings. The number of hydrogen-bond donors (Lipinski definition) is 11. The summed E-state index contributed by atoms with van der Waals surface area (Å²) in [6.45, 7) is 4.13. The number of carboxylic acid groups (broad SMARTS) is 2. The average molecular weight is 873 g/mol. The van der Waals surface area contributed by atoms with E-state index in [0.29, 0.717) is 0 Å². The second-order valence-electron chi connectivity index (χ2n) is 14.3. The molecule has 0 radical (unpaired) electrons. The maximum Gasteiger partial charge on any atom is 1.00 e. The first-order chi connectivity index (χ1) is 26.7. The zero-order chi connectivity index (χ0) is 42.6. The third-order valence-electron chi connectivity index (χ3n) is 10.2. The summed E-state index contributed by atoms with van der Waals surface area (Å²) in [5.41, 5.74) is 1.87. The van der Waals surface area contributed by atoms with Crippen LogP contribution in [0.5, 0.6) is 0 Å². The quantitative estimate of drug-likeness (QED) is 0.0334. The van der Waals surface area contributed by atoms with Crippen LogP contribution in [0.1, 0.15) is 40.5 Å². The first-order valence-corrected chi connectivity index (χ1v) is 17.9. The van der Waals surface area contributed by atoms with Crippen LogP contribution in [-0.4, -0.2) is 188 Å². The number of hydrogen-bond acceptors (Lipinski definition) is 22. The van der Waals surface area contributed by atoms with E-state index in [4.69, 9.17) is 39.0 Å². The molecule has 4 heterocycles. The molecule has 0 saturated carbocycles. The summed E-state index contributed by atoms with van der Waals surface area (Å²) in [5.74, 6) is -2.10. The first kappa shape index (κ1) is 53.9. The Kier molecular flexibility index (Phi) is 21.4. The van der Waals surface area contributed by atoms with Gasteiger partial charge >= 0.3 is 59.1 Å². The summed E-state index contributed by atoms with van der Waals surface area (Å²) in [5, 5.41) is 105. The Labute approximate surface area is 381 Å². The van der Waals surface area contributed by atoms with E-state index in [1.165, 1.54) is 13.8 Å². The van der Waals surface area contributed by atoms with E-state index in [0.717, 1.165) is 13.8 Å². The van der Waals surface area contributed by atoms with E-state index >= 15 is 0 Å². The first-order valence-electron chi connectivity index (χ1n) is 17.9. The minimum Gasteiger partial charge on any atom is -0.547 e. The molecule has 0 aromatic rings. The third-order valence-corrected chi connectivity index (χ3v) is 10.2. The fraction of sp³-hybridized carbons (Fsp3) is 0.844. The minimum atomic E-state index is -2.35. The summed E-state index contributed by atoms with van der Waals surface area (Å²) in [6.07, 6.45) is -32.2. The number of carboxylic acids is 2. The van der Waals surface area contributed by atoms with Crippen molar-refractivity contribution in [2.24, 2.45) is 11.8 Å². The van der Waals surface area contributed by atoms with Crippen molar-refractivity contribution in [1.82, 2.24) is 16.1 Å². The smallest absolute Gasteiger partial charge is 0.547 e. The van der Waals surface area contributed by atoms with Gasteiger partial charge in [0.15, 0.2) is 18.9 Å². The van der Waals surface area contributed by atoms with Crippen LogP contribution < -0.4 is 91.2 Å². The molecule has 25 nitrogen and oxygen atoms in total. The molecule has 59 heavy (non-hydrogen) atoms. The molecule has 4 aliphatic heterocycles. The molecule has 4 fully saturated rings. The van der Waals surface area contributed by atoms with Gasteiger partial charge in [-0.05, 0) is 13.3 Å². The summed E-state index contributed by atoms with van der Waals surface area (Å²) in [6, 6.07) is -2.92. The fourth-order valence-electron chi connectivity index (χ4n) is 7.19. The van der Waals surface area contributed by atoms with Gasteiger partial charge in [0.05, 0.1) is 42.9 Å². The number of carbonyl (C=O) groups is 5. The van der Waals surface area contributed by atoms with Crippen LogP contribution in [0.3, 0.4) is 0 Å². The largest absolute Gasteiger partial charge is 1.00 e. The van der Waals surface area contributed by atoms with Gasteiger partial charge in [0.2, 0.25) is 17.7 Å². The molecule has 0 aliphatic carbocycles. The van der Waals surface area contributed by atoms with Crippen molar-refractivity contribution in [2.75, 3.05) is 6.61 Å². The van der Waals surface area contributed by atoms with Gasteiger partial charge in [-0.25, -0.2) is 5.84 Å². The van der Waals surface area contributed by atoms with Gasteiger partial charge in [-0.1, -0.05) is 6.92 Å². The van der Waals surface area contributed by atoms with Gasteiger partial charge in [0, 0.05) is 26.2 Å². The normalized spacial score (nSPS) is 42.2. The van der Waals surface area contributed by atoms with E-state index in [1.807, 2.05) is 5.43 Å². The zero-order valence-electron chi connectivity index (χ0n) is 33.1. The zero-order valence-corrected chi connectivity index (χ0v) is 37.1. The SMILES string of the molecule is CC(=O)NC1[C@H](O[C@@H]2C(C(=O)[O-])O[C@@H](O[C@@H]3C(NC(C)=O)[C@H](C)OC(CO)[C@H]3O)C(O)[C@H]2O)OC(CCC(=O)NN)[C@@H](O)[C@@H]1O[C@@H]1OC(C(=O)[O-])[C@@H](C)[C@H](O)C1O.[Na+].[Na+]. The predicted octanol–water partition coefficient (Wildman–Crippen LogP) is -15.8. The number of rotatable bonds is 14. The third kappa shape index (κ3) is 12.7. The van der Waals surface area contributed by atoms with Crippen LogP contribution >= 0.6 is 0 Å². The van der Waals surface area contributed by atoms with Gasteiger partial charge in [0.25, 0.3) is 0 Å². The average Bonchev–Trinajstić information content (AvgIpc) is 3.14. The van der Waals surface area contributed by atoms with Crippen LogP contribution in [0.2, 0.25) is 0 Å². The van der Waals surface area contributed by atoms with Crippen molar-refractivity contribution in [3.63, 3.8) is 0 Å². The molecule has 0 spiro atoms. The molecule has 27 heteroatoms. The van der Waals surface area contributed by atoms with Gasteiger partial charge in [0.1, 0.15) is 73.2 Å². The molecule has 20 atom stereocenters. The number of ether oxygens (including phenoxy) is 7. The molecule has 12 N–H and O–H groups in total. The van der Waals surface area contributed by atoms with Gasteiger partial charge < -0.3 is 99.3 Å². The van der Waals surface area contributed by atoms with Crippen molar-refractivity contribution in [2.45, 2.75) is 157 Å². The van der Waals surface area contributed by atoms with Gasteiger partial charge in [-0.3, -0.25) is 19.8 Å². The maximum atomic E-state index is 12.5. The van der Waals surface area contributed by atoms with Crippen molar-refractivity contribution in [3.8, 4) is 0 Å². The second-order valence-corrected chi connectivity index (χ2v) is 14.3. The number of nitrogens with one attached hydrogen (secondary N) is 3. The molecule has 3 amide bonds. The van der Waals surface area contributed by atoms with E-state index in [-0.39, 0.29) is 65.5 Å². The minimum absolute atomic E-state index is 0. The standard InChI is InChI=1S/C32H52N4O21.2Na/c1-8-17(41)21(45)31(53-23(8)28(47)48)55-25-16(35-11(4)39)30(52-12(18(25)42)5-6-14(40)36-33)56-26-20(44)22(46)32(57-27(26)29(49)50)54-24-15(34-10(3)38)9(2)51-13(7-37)19(24)43;;/h8-9,12-13,15-27,30-32,37,41-46H,5-7,33H2,1-4H3,(H,34,38)(H,35,39)(H,36,40)(H,47,48)(H,49,50);;/q;2*+1/p-2/t8-,9-,12?,13?,15?,16?,17-,18+,19+,20+,21?,22?,23?,24+,25+,26-,27?,30-,31-,32+;;/m0../s1. The second kappa shape index (κ2) is 23.4. The van der Waals surface area contributed by atoms with Crippen molar-refractivity contribution < 1.29 is 162 Å². The number of hydrazine groups is 1. The predicted molar refractivity (Wildman–Crippen MR) is 174 cm³/mol. The Morgan fingerprint density at radius 2 is 1.10 bits per heavy atom. The number of nitrogens with two attached hydrogens (primary N) is 1. The summed E-state index contributed by atoms with van der Waals surface area (Å²) in [7, 11) is 0.